The summed E-state index contributed by atoms with van der Waals surface area (Å²) in [6, 6.07) is 0. The van der Waals surface area contributed by atoms with Gasteiger partial charge in [0.25, 0.3) is 0 Å². The first-order valence-electron chi connectivity index (χ1n) is 14.0. The fourth-order valence-electron chi connectivity index (χ4n) is 9.21. The van der Waals surface area contributed by atoms with Gasteiger partial charge in [0, 0.05) is 13.7 Å². The molecule has 194 valence electrons. The summed E-state index contributed by atoms with van der Waals surface area (Å²) >= 11 is 0. The molecule has 0 aromatic rings. The second-order valence-corrected chi connectivity index (χ2v) is 12.9. The molecular formula is C29H54O4. The topological polar surface area (TPSA) is 73.2 Å². The monoisotopic (exact) mass is 466 g/mol. The SMILES string of the molecule is CC(O)CCC1(C)C(C)CCC2(C)C3CCC4(CO)CCCC4C3CCC12.CC1CO1.CO. The summed E-state index contributed by atoms with van der Waals surface area (Å²) in [6.07, 6.45) is 14.7. The van der Waals surface area contributed by atoms with Gasteiger partial charge in [-0.2, -0.15) is 0 Å². The Labute approximate surface area is 203 Å². The number of rotatable bonds is 4. The van der Waals surface area contributed by atoms with E-state index in [2.05, 4.69) is 27.7 Å². The Bertz CT molecular complexity index is 619. The summed E-state index contributed by atoms with van der Waals surface area (Å²) in [5.41, 5.74) is 1.14. The second kappa shape index (κ2) is 10.8. The Balaban J connectivity index is 0.000000452. The molecular weight excluding hydrogens is 412 g/mol. The Morgan fingerprint density at radius 2 is 1.61 bits per heavy atom. The average Bonchev–Trinajstić information content (AvgIpc) is 3.46. The molecule has 4 saturated carbocycles. The molecule has 4 heteroatoms. The van der Waals surface area contributed by atoms with Crippen LogP contribution in [0.25, 0.3) is 0 Å². The molecule has 0 radical (unpaired) electrons. The third kappa shape index (κ3) is 5.20. The first-order chi connectivity index (χ1) is 15.7. The molecule has 4 nitrogen and oxygen atoms in total. The number of fused-ring (bicyclic) bond motifs is 5. The van der Waals surface area contributed by atoms with Gasteiger partial charge in [0.2, 0.25) is 0 Å². The molecule has 3 N–H and O–H groups in total. The van der Waals surface area contributed by atoms with Crippen LogP contribution < -0.4 is 0 Å². The zero-order chi connectivity index (χ0) is 24.4. The van der Waals surface area contributed by atoms with Gasteiger partial charge in [0.15, 0.2) is 0 Å². The van der Waals surface area contributed by atoms with E-state index in [0.29, 0.717) is 23.5 Å². The first-order valence-corrected chi connectivity index (χ1v) is 14.0. The van der Waals surface area contributed by atoms with Crippen LogP contribution in [0.5, 0.6) is 0 Å². The maximum atomic E-state index is 10.3. The Morgan fingerprint density at radius 3 is 2.18 bits per heavy atom. The van der Waals surface area contributed by atoms with Crippen LogP contribution in [0.4, 0.5) is 0 Å². The molecule has 1 saturated heterocycles. The van der Waals surface area contributed by atoms with E-state index in [1.54, 1.807) is 0 Å². The van der Waals surface area contributed by atoms with Crippen molar-refractivity contribution >= 4 is 0 Å². The molecule has 10 atom stereocenters. The third-order valence-corrected chi connectivity index (χ3v) is 11.3. The van der Waals surface area contributed by atoms with Crippen LogP contribution >= 0.6 is 0 Å². The van der Waals surface area contributed by atoms with Crippen molar-refractivity contribution in [2.45, 2.75) is 117 Å². The van der Waals surface area contributed by atoms with E-state index in [9.17, 15) is 10.2 Å². The van der Waals surface area contributed by atoms with Crippen LogP contribution in [0.1, 0.15) is 105 Å². The van der Waals surface area contributed by atoms with E-state index in [1.165, 1.54) is 64.2 Å². The number of aliphatic hydroxyl groups excluding tert-OH is 3. The van der Waals surface area contributed by atoms with E-state index in [1.807, 2.05) is 6.92 Å². The van der Waals surface area contributed by atoms with Crippen LogP contribution in [-0.4, -0.2) is 47.9 Å². The number of hydrogen-bond acceptors (Lipinski definition) is 4. The summed E-state index contributed by atoms with van der Waals surface area (Å²) < 4.78 is 4.71. The third-order valence-electron chi connectivity index (χ3n) is 11.3. The lowest BCUT2D eigenvalue weighted by atomic mass is 9.39. The number of aliphatic hydroxyl groups is 3. The second-order valence-electron chi connectivity index (χ2n) is 12.9. The molecule has 10 unspecified atom stereocenters. The van der Waals surface area contributed by atoms with E-state index < -0.39 is 0 Å². The van der Waals surface area contributed by atoms with Gasteiger partial charge in [-0.1, -0.05) is 27.2 Å². The van der Waals surface area contributed by atoms with Gasteiger partial charge in [-0.25, -0.2) is 0 Å². The molecule has 0 bridgehead atoms. The first kappa shape index (κ1) is 27.4. The molecule has 0 aromatic carbocycles. The van der Waals surface area contributed by atoms with Crippen LogP contribution in [0.3, 0.4) is 0 Å². The average molecular weight is 467 g/mol. The van der Waals surface area contributed by atoms with Crippen molar-refractivity contribution in [3.8, 4) is 0 Å². The molecule has 5 aliphatic rings. The summed E-state index contributed by atoms with van der Waals surface area (Å²) in [5.74, 6) is 4.12. The predicted octanol–water partition coefficient (Wildman–Crippen LogP) is 5.82. The molecule has 5 rings (SSSR count). The van der Waals surface area contributed by atoms with Gasteiger partial charge in [-0.05, 0) is 124 Å². The van der Waals surface area contributed by atoms with Gasteiger partial charge in [0.1, 0.15) is 0 Å². The van der Waals surface area contributed by atoms with Gasteiger partial charge < -0.3 is 20.1 Å². The summed E-state index contributed by atoms with van der Waals surface area (Å²) in [6.45, 7) is 13.1. The highest BCUT2D eigenvalue weighted by Crippen LogP contribution is 2.70. The number of ether oxygens (including phenoxy) is 1. The number of epoxide rings is 1. The van der Waals surface area contributed by atoms with Crippen molar-refractivity contribution in [3.05, 3.63) is 0 Å². The number of hydrogen-bond donors (Lipinski definition) is 3. The van der Waals surface area contributed by atoms with E-state index in [4.69, 9.17) is 9.84 Å². The summed E-state index contributed by atoms with van der Waals surface area (Å²) in [7, 11) is 1.00. The Morgan fingerprint density at radius 1 is 0.939 bits per heavy atom. The summed E-state index contributed by atoms with van der Waals surface area (Å²) in [4.78, 5) is 0. The highest BCUT2D eigenvalue weighted by atomic mass is 16.6. The maximum Gasteiger partial charge on any atom is 0.0781 e. The molecule has 33 heavy (non-hydrogen) atoms. The largest absolute Gasteiger partial charge is 0.400 e. The minimum Gasteiger partial charge on any atom is -0.400 e. The molecule has 1 heterocycles. The molecule has 4 aliphatic carbocycles. The summed E-state index contributed by atoms with van der Waals surface area (Å²) in [5, 5.41) is 27.2. The lowest BCUT2D eigenvalue weighted by molar-refractivity contribution is -0.170. The normalized spacial score (nSPS) is 48.6. The van der Waals surface area contributed by atoms with Gasteiger partial charge in [0.05, 0.1) is 18.8 Å². The molecule has 0 amide bonds. The maximum absolute atomic E-state index is 10.3. The van der Waals surface area contributed by atoms with Crippen LogP contribution in [0.15, 0.2) is 0 Å². The van der Waals surface area contributed by atoms with Crippen molar-refractivity contribution in [1.82, 2.24) is 0 Å². The Kier molecular flexibility index (Phi) is 9.01. The van der Waals surface area contributed by atoms with E-state index >= 15 is 0 Å². The van der Waals surface area contributed by atoms with Crippen molar-refractivity contribution in [3.63, 3.8) is 0 Å². The van der Waals surface area contributed by atoms with E-state index in [0.717, 1.165) is 49.7 Å². The van der Waals surface area contributed by atoms with Crippen LogP contribution in [-0.2, 0) is 4.74 Å². The minimum atomic E-state index is -0.170. The van der Waals surface area contributed by atoms with Gasteiger partial charge >= 0.3 is 0 Å². The fraction of sp³-hybridized carbons (Fsp3) is 1.00. The smallest absolute Gasteiger partial charge is 0.0781 e. The molecule has 0 aromatic heterocycles. The highest BCUT2D eigenvalue weighted by molar-refractivity contribution is 5.11. The standard InChI is InChI=1S/C25H44O2.C3H6O.CH4O/c1-17-9-13-24(4)20-11-15-25(16-26)12-5-6-21(25)19(20)7-8-22(24)23(17,3)14-10-18(2)27;1-3-2-4-3;1-2/h17-22,26-27H,5-16H2,1-4H3;3H,2H2,1H3;2H,1H3. The van der Waals surface area contributed by atoms with Crippen molar-refractivity contribution in [2.24, 2.45) is 45.8 Å². The Hall–Kier alpha value is -0.160. The van der Waals surface area contributed by atoms with Crippen LogP contribution in [0.2, 0.25) is 0 Å². The zero-order valence-corrected chi connectivity index (χ0v) is 22.5. The predicted molar refractivity (Wildman–Crippen MR) is 135 cm³/mol. The zero-order valence-electron chi connectivity index (χ0n) is 22.5. The highest BCUT2D eigenvalue weighted by Gasteiger charge is 2.62. The lowest BCUT2D eigenvalue weighted by Crippen LogP contribution is -2.58. The van der Waals surface area contributed by atoms with Crippen LogP contribution in [0, 0.1) is 45.8 Å². The van der Waals surface area contributed by atoms with Gasteiger partial charge in [-0.15, -0.1) is 0 Å². The molecule has 5 fully saturated rings. The fourth-order valence-corrected chi connectivity index (χ4v) is 9.21. The molecule has 0 spiro atoms. The van der Waals surface area contributed by atoms with Gasteiger partial charge in [-0.3, -0.25) is 0 Å². The minimum absolute atomic E-state index is 0.170. The van der Waals surface area contributed by atoms with Crippen molar-refractivity contribution in [2.75, 3.05) is 20.3 Å². The molecule has 1 aliphatic heterocycles. The van der Waals surface area contributed by atoms with Crippen molar-refractivity contribution < 1.29 is 20.1 Å². The quantitative estimate of drug-likeness (QED) is 0.457. The van der Waals surface area contributed by atoms with E-state index in [-0.39, 0.29) is 11.5 Å². The lowest BCUT2D eigenvalue weighted by Gasteiger charge is -2.65. The van der Waals surface area contributed by atoms with Crippen molar-refractivity contribution in [1.29, 1.82) is 0 Å².